The Kier molecular flexibility index (Phi) is 6.91. The molecule has 0 radical (unpaired) electrons. The molecule has 0 bridgehead atoms. The number of alkyl halides is 1. The fourth-order valence-corrected chi connectivity index (χ4v) is 3.58. The highest BCUT2D eigenvalue weighted by Crippen LogP contribution is 2.20. The molecular formula is C12H16Cl3NO2S. The van der Waals surface area contributed by atoms with Crippen molar-refractivity contribution in [2.75, 3.05) is 18.7 Å². The molecule has 19 heavy (non-hydrogen) atoms. The van der Waals surface area contributed by atoms with Crippen LogP contribution in [0.1, 0.15) is 18.4 Å². The number of benzene rings is 1. The molecule has 0 fully saturated rings. The van der Waals surface area contributed by atoms with E-state index in [1.807, 2.05) is 0 Å². The van der Waals surface area contributed by atoms with Crippen LogP contribution in [0.15, 0.2) is 18.2 Å². The first-order valence-corrected chi connectivity index (χ1v) is 8.70. The summed E-state index contributed by atoms with van der Waals surface area (Å²) >= 11 is 17.3. The minimum Gasteiger partial charge on any atom is -0.212 e. The van der Waals surface area contributed by atoms with Crippen molar-refractivity contribution in [1.29, 1.82) is 0 Å². The van der Waals surface area contributed by atoms with Gasteiger partial charge in [0.15, 0.2) is 0 Å². The van der Waals surface area contributed by atoms with Gasteiger partial charge in [0, 0.05) is 29.5 Å². The van der Waals surface area contributed by atoms with Gasteiger partial charge in [-0.25, -0.2) is 12.7 Å². The maximum Gasteiger partial charge on any atom is 0.214 e. The first-order valence-electron chi connectivity index (χ1n) is 5.80. The highest BCUT2D eigenvalue weighted by Gasteiger charge is 2.17. The molecule has 1 rings (SSSR count). The third-order valence-corrected chi connectivity index (χ3v) is 5.18. The highest BCUT2D eigenvalue weighted by atomic mass is 35.5. The molecule has 0 aliphatic rings. The van der Waals surface area contributed by atoms with Gasteiger partial charge in [-0.2, -0.15) is 0 Å². The lowest BCUT2D eigenvalue weighted by molar-refractivity contribution is 0.465. The summed E-state index contributed by atoms with van der Waals surface area (Å²) in [5, 5.41) is 0.992. The second-order valence-corrected chi connectivity index (χ2v) is 7.69. The van der Waals surface area contributed by atoms with Crippen LogP contribution in [0.5, 0.6) is 0 Å². The molecule has 1 aromatic rings. The monoisotopic (exact) mass is 343 g/mol. The molecule has 0 saturated carbocycles. The molecule has 0 saturated heterocycles. The van der Waals surface area contributed by atoms with E-state index in [0.717, 1.165) is 5.56 Å². The predicted molar refractivity (Wildman–Crippen MR) is 81.7 cm³/mol. The molecule has 1 aromatic carbocycles. The molecule has 0 aromatic heterocycles. The van der Waals surface area contributed by atoms with Crippen LogP contribution in [-0.2, 0) is 16.6 Å². The zero-order valence-corrected chi connectivity index (χ0v) is 13.7. The summed E-state index contributed by atoms with van der Waals surface area (Å²) in [6, 6.07) is 5.03. The van der Waals surface area contributed by atoms with Crippen LogP contribution in [0.3, 0.4) is 0 Å². The van der Waals surface area contributed by atoms with Crippen molar-refractivity contribution in [3.8, 4) is 0 Å². The summed E-state index contributed by atoms with van der Waals surface area (Å²) in [7, 11) is -1.72. The molecule has 0 unspecified atom stereocenters. The van der Waals surface area contributed by atoms with E-state index in [1.54, 1.807) is 25.2 Å². The molecule has 108 valence electrons. The van der Waals surface area contributed by atoms with Crippen molar-refractivity contribution < 1.29 is 8.42 Å². The largest absolute Gasteiger partial charge is 0.214 e. The van der Waals surface area contributed by atoms with Gasteiger partial charge in [-0.15, -0.1) is 11.6 Å². The molecule has 7 heteroatoms. The van der Waals surface area contributed by atoms with E-state index in [-0.39, 0.29) is 12.3 Å². The smallest absolute Gasteiger partial charge is 0.212 e. The minimum absolute atomic E-state index is 0.102. The van der Waals surface area contributed by atoms with Crippen LogP contribution < -0.4 is 0 Å². The third kappa shape index (κ3) is 5.88. The number of hydrogen-bond donors (Lipinski definition) is 0. The van der Waals surface area contributed by atoms with Gasteiger partial charge >= 0.3 is 0 Å². The van der Waals surface area contributed by atoms with Crippen molar-refractivity contribution in [1.82, 2.24) is 4.31 Å². The minimum atomic E-state index is -3.27. The summed E-state index contributed by atoms with van der Waals surface area (Å²) in [5.74, 6) is 0.577. The second-order valence-electron chi connectivity index (χ2n) is 4.25. The molecule has 0 atom stereocenters. The number of hydrogen-bond acceptors (Lipinski definition) is 2. The van der Waals surface area contributed by atoms with E-state index in [9.17, 15) is 8.42 Å². The molecule has 0 amide bonds. The van der Waals surface area contributed by atoms with E-state index in [4.69, 9.17) is 34.8 Å². The molecule has 3 nitrogen and oxygen atoms in total. The van der Waals surface area contributed by atoms with Crippen LogP contribution >= 0.6 is 34.8 Å². The van der Waals surface area contributed by atoms with E-state index in [2.05, 4.69) is 0 Å². The summed E-state index contributed by atoms with van der Waals surface area (Å²) in [4.78, 5) is 0. The maximum atomic E-state index is 12.0. The molecule has 0 N–H and O–H groups in total. The van der Waals surface area contributed by atoms with Crippen molar-refractivity contribution in [2.45, 2.75) is 19.4 Å². The maximum absolute atomic E-state index is 12.0. The van der Waals surface area contributed by atoms with Crippen LogP contribution in [-0.4, -0.2) is 31.4 Å². The summed E-state index contributed by atoms with van der Waals surface area (Å²) in [6.45, 7) is 0.253. The lowest BCUT2D eigenvalue weighted by Crippen LogP contribution is -2.28. The zero-order chi connectivity index (χ0) is 14.5. The number of rotatable bonds is 7. The Morgan fingerprint density at radius 1 is 1.11 bits per heavy atom. The van der Waals surface area contributed by atoms with Gasteiger partial charge in [0.2, 0.25) is 10.0 Å². The van der Waals surface area contributed by atoms with Crippen molar-refractivity contribution >= 4 is 44.8 Å². The fourth-order valence-electron chi connectivity index (χ4n) is 1.59. The van der Waals surface area contributed by atoms with Gasteiger partial charge in [0.1, 0.15) is 0 Å². The Labute approximate surface area is 129 Å². The molecule has 0 heterocycles. The molecule has 0 aliphatic heterocycles. The van der Waals surface area contributed by atoms with Gasteiger partial charge in [-0.3, -0.25) is 0 Å². The summed E-state index contributed by atoms with van der Waals surface area (Å²) in [6.07, 6.45) is 1.25. The Hall–Kier alpha value is -0.000000000000000167. The van der Waals surface area contributed by atoms with E-state index in [1.165, 1.54) is 4.31 Å². The SMILES string of the molecule is CN(Cc1cc(Cl)cc(Cl)c1)S(=O)(=O)CCCCCl. The summed E-state index contributed by atoms with van der Waals surface area (Å²) in [5.41, 5.74) is 0.765. The standard InChI is InChI=1S/C12H16Cl3NO2S/c1-16(19(17,18)5-3-2-4-13)9-10-6-11(14)8-12(15)7-10/h6-8H,2-5,9H2,1H3. The van der Waals surface area contributed by atoms with Gasteiger partial charge in [0.25, 0.3) is 0 Å². The quantitative estimate of drug-likeness (QED) is 0.557. The fraction of sp³-hybridized carbons (Fsp3) is 0.500. The topological polar surface area (TPSA) is 37.4 Å². The first-order chi connectivity index (χ1) is 8.85. The molecule has 0 spiro atoms. The van der Waals surface area contributed by atoms with Crippen molar-refractivity contribution in [2.24, 2.45) is 0 Å². The normalized spacial score (nSPS) is 12.1. The Balaban J connectivity index is 2.70. The van der Waals surface area contributed by atoms with Gasteiger partial charge < -0.3 is 0 Å². The highest BCUT2D eigenvalue weighted by molar-refractivity contribution is 7.89. The molecular weight excluding hydrogens is 329 g/mol. The first kappa shape index (κ1) is 17.1. The summed E-state index contributed by atoms with van der Waals surface area (Å²) < 4.78 is 25.3. The van der Waals surface area contributed by atoms with E-state index >= 15 is 0 Å². The lowest BCUT2D eigenvalue weighted by atomic mass is 10.2. The lowest BCUT2D eigenvalue weighted by Gasteiger charge is -2.17. The Morgan fingerprint density at radius 2 is 1.68 bits per heavy atom. The van der Waals surface area contributed by atoms with Gasteiger partial charge in [0.05, 0.1) is 5.75 Å². The Morgan fingerprint density at radius 3 is 2.21 bits per heavy atom. The van der Waals surface area contributed by atoms with Crippen LogP contribution in [0.4, 0.5) is 0 Å². The van der Waals surface area contributed by atoms with Crippen molar-refractivity contribution in [3.63, 3.8) is 0 Å². The Bertz CT molecular complexity index is 499. The predicted octanol–water partition coefficient (Wildman–Crippen LogP) is 3.77. The van der Waals surface area contributed by atoms with Crippen LogP contribution in [0.25, 0.3) is 0 Å². The number of halogens is 3. The number of unbranched alkanes of at least 4 members (excludes halogenated alkanes) is 1. The average Bonchev–Trinajstić information content (AvgIpc) is 2.27. The zero-order valence-electron chi connectivity index (χ0n) is 10.6. The third-order valence-electron chi connectivity index (χ3n) is 2.59. The molecule has 0 aliphatic carbocycles. The van der Waals surface area contributed by atoms with Gasteiger partial charge in [-0.1, -0.05) is 23.2 Å². The second kappa shape index (κ2) is 7.70. The number of nitrogens with zero attached hydrogens (tertiary/aromatic N) is 1. The van der Waals surface area contributed by atoms with Crippen LogP contribution in [0.2, 0.25) is 10.0 Å². The van der Waals surface area contributed by atoms with Crippen LogP contribution in [0, 0.1) is 0 Å². The van der Waals surface area contributed by atoms with E-state index in [0.29, 0.717) is 28.8 Å². The average molecular weight is 345 g/mol. The van der Waals surface area contributed by atoms with Gasteiger partial charge in [-0.05, 0) is 36.6 Å². The van der Waals surface area contributed by atoms with E-state index < -0.39 is 10.0 Å². The van der Waals surface area contributed by atoms with Crippen molar-refractivity contribution in [3.05, 3.63) is 33.8 Å². The number of sulfonamides is 1.